The third-order valence-electron chi connectivity index (χ3n) is 3.41. The molecule has 0 heterocycles. The minimum Gasteiger partial charge on any atom is -0.378 e. The highest BCUT2D eigenvalue weighted by atomic mass is 16.1. The lowest BCUT2D eigenvalue weighted by Gasteiger charge is -2.11. The van der Waals surface area contributed by atoms with E-state index in [1.807, 2.05) is 43.3 Å². The maximum atomic E-state index is 12.1. The normalized spacial score (nSPS) is 10.7. The van der Waals surface area contributed by atoms with Crippen molar-refractivity contribution in [3.8, 4) is 0 Å². The largest absolute Gasteiger partial charge is 0.378 e. The highest BCUT2D eigenvalue weighted by Crippen LogP contribution is 2.14. The highest BCUT2D eigenvalue weighted by molar-refractivity contribution is 6.07. The Labute approximate surface area is 130 Å². The third-order valence-corrected chi connectivity index (χ3v) is 3.41. The van der Waals surface area contributed by atoms with Gasteiger partial charge in [-0.15, -0.1) is 0 Å². The Morgan fingerprint density at radius 1 is 0.864 bits per heavy atom. The number of carbonyl (C=O) groups is 2. The zero-order chi connectivity index (χ0) is 16.1. The molecule has 0 atom stereocenters. The van der Waals surface area contributed by atoms with E-state index < -0.39 is 0 Å². The number of ketones is 2. The second-order valence-corrected chi connectivity index (χ2v) is 5.32. The first-order valence-electron chi connectivity index (χ1n) is 7.08. The molecule has 3 nitrogen and oxygen atoms in total. The summed E-state index contributed by atoms with van der Waals surface area (Å²) in [5.74, 6) is -0.0812. The Morgan fingerprint density at radius 3 is 1.91 bits per heavy atom. The van der Waals surface area contributed by atoms with Crippen molar-refractivity contribution in [2.24, 2.45) is 0 Å². The lowest BCUT2D eigenvalue weighted by molar-refractivity contribution is 0.101. The van der Waals surface area contributed by atoms with Crippen LogP contribution in [0.2, 0.25) is 0 Å². The minimum atomic E-state index is -0.0770. The van der Waals surface area contributed by atoms with Crippen molar-refractivity contribution >= 4 is 23.3 Å². The van der Waals surface area contributed by atoms with Crippen LogP contribution in [0.5, 0.6) is 0 Å². The zero-order valence-electron chi connectivity index (χ0n) is 13.0. The number of Topliss-reactive ketones (excluding diaryl/α,β-unsaturated/α-hetero) is 1. The van der Waals surface area contributed by atoms with Crippen molar-refractivity contribution in [2.75, 3.05) is 19.0 Å². The number of hydrogen-bond donors (Lipinski definition) is 0. The molecule has 0 aliphatic carbocycles. The van der Waals surface area contributed by atoms with Gasteiger partial charge in [-0.2, -0.15) is 0 Å². The van der Waals surface area contributed by atoms with E-state index in [9.17, 15) is 9.59 Å². The van der Waals surface area contributed by atoms with Crippen LogP contribution in [0.3, 0.4) is 0 Å². The Bertz CT molecular complexity index is 695. The summed E-state index contributed by atoms with van der Waals surface area (Å²) in [5.41, 5.74) is 3.27. The topological polar surface area (TPSA) is 37.4 Å². The van der Waals surface area contributed by atoms with E-state index in [0.717, 1.165) is 11.3 Å². The summed E-state index contributed by atoms with van der Waals surface area (Å²) in [7, 11) is 3.97. The van der Waals surface area contributed by atoms with Crippen molar-refractivity contribution in [1.29, 1.82) is 0 Å². The summed E-state index contributed by atoms with van der Waals surface area (Å²) in [6, 6.07) is 14.7. The van der Waals surface area contributed by atoms with Gasteiger partial charge in [0, 0.05) is 30.9 Å². The maximum Gasteiger partial charge on any atom is 0.185 e. The van der Waals surface area contributed by atoms with Crippen molar-refractivity contribution in [2.45, 2.75) is 6.92 Å². The van der Waals surface area contributed by atoms with Crippen LogP contribution in [0.1, 0.15) is 33.2 Å². The van der Waals surface area contributed by atoms with Gasteiger partial charge in [0.2, 0.25) is 0 Å². The van der Waals surface area contributed by atoms with Crippen LogP contribution in [0.25, 0.3) is 6.08 Å². The van der Waals surface area contributed by atoms with Crippen LogP contribution in [0, 0.1) is 0 Å². The number of rotatable bonds is 5. The molecular weight excluding hydrogens is 274 g/mol. The molecule has 2 aromatic carbocycles. The van der Waals surface area contributed by atoms with Crippen LogP contribution in [-0.2, 0) is 0 Å². The molecule has 0 aliphatic heterocycles. The molecule has 0 aromatic heterocycles. The van der Waals surface area contributed by atoms with Crippen molar-refractivity contribution in [1.82, 2.24) is 0 Å². The Hall–Kier alpha value is -2.68. The van der Waals surface area contributed by atoms with Crippen LogP contribution in [-0.4, -0.2) is 25.7 Å². The van der Waals surface area contributed by atoms with E-state index in [1.54, 1.807) is 36.4 Å². The summed E-state index contributed by atoms with van der Waals surface area (Å²) in [5, 5.41) is 0. The van der Waals surface area contributed by atoms with Crippen molar-refractivity contribution in [3.05, 3.63) is 71.3 Å². The molecule has 0 saturated heterocycles. The summed E-state index contributed by atoms with van der Waals surface area (Å²) in [6.45, 7) is 1.51. The standard InChI is InChI=1S/C19H19NO2/c1-14(21)16-7-9-17(10-8-16)19(22)13-6-15-4-11-18(12-5-15)20(2)3/h4-13H,1-3H3. The average molecular weight is 293 g/mol. The first-order chi connectivity index (χ1) is 10.5. The molecule has 2 aromatic rings. The minimum absolute atomic E-state index is 0.00415. The van der Waals surface area contributed by atoms with Gasteiger partial charge in [-0.05, 0) is 30.7 Å². The third kappa shape index (κ3) is 3.92. The lowest BCUT2D eigenvalue weighted by Crippen LogP contribution is -2.07. The van der Waals surface area contributed by atoms with Crippen LogP contribution < -0.4 is 4.90 Å². The van der Waals surface area contributed by atoms with Crippen molar-refractivity contribution < 1.29 is 9.59 Å². The van der Waals surface area contributed by atoms with Gasteiger partial charge in [-0.25, -0.2) is 0 Å². The predicted molar refractivity (Wildman–Crippen MR) is 90.6 cm³/mol. The van der Waals surface area contributed by atoms with E-state index >= 15 is 0 Å². The fraction of sp³-hybridized carbons (Fsp3) is 0.158. The molecule has 0 bridgehead atoms. The van der Waals surface area contributed by atoms with Gasteiger partial charge in [0.05, 0.1) is 0 Å². The first kappa shape index (κ1) is 15.7. The predicted octanol–water partition coefficient (Wildman–Crippen LogP) is 3.85. The van der Waals surface area contributed by atoms with Gasteiger partial charge in [0.15, 0.2) is 11.6 Å². The van der Waals surface area contributed by atoms with E-state index in [1.165, 1.54) is 6.92 Å². The van der Waals surface area contributed by atoms with E-state index in [0.29, 0.717) is 11.1 Å². The molecule has 0 N–H and O–H groups in total. The molecule has 112 valence electrons. The van der Waals surface area contributed by atoms with Gasteiger partial charge in [0.1, 0.15) is 0 Å². The van der Waals surface area contributed by atoms with Gasteiger partial charge in [-0.3, -0.25) is 9.59 Å². The van der Waals surface area contributed by atoms with E-state index in [-0.39, 0.29) is 11.6 Å². The highest BCUT2D eigenvalue weighted by Gasteiger charge is 2.03. The van der Waals surface area contributed by atoms with Crippen LogP contribution >= 0.6 is 0 Å². The van der Waals surface area contributed by atoms with Crippen LogP contribution in [0.4, 0.5) is 5.69 Å². The number of nitrogens with zero attached hydrogens (tertiary/aromatic N) is 1. The Kier molecular flexibility index (Phi) is 4.89. The number of allylic oxidation sites excluding steroid dienone is 1. The number of carbonyl (C=O) groups excluding carboxylic acids is 2. The van der Waals surface area contributed by atoms with Gasteiger partial charge < -0.3 is 4.90 Å². The molecule has 0 spiro atoms. The molecular formula is C19H19NO2. The monoisotopic (exact) mass is 293 g/mol. The quantitative estimate of drug-likeness (QED) is 0.620. The molecule has 0 amide bonds. The smallest absolute Gasteiger partial charge is 0.185 e. The Morgan fingerprint density at radius 2 is 1.41 bits per heavy atom. The zero-order valence-corrected chi connectivity index (χ0v) is 13.0. The first-order valence-corrected chi connectivity index (χ1v) is 7.08. The second-order valence-electron chi connectivity index (χ2n) is 5.32. The SMILES string of the molecule is CC(=O)c1ccc(C(=O)C=Cc2ccc(N(C)C)cc2)cc1. The van der Waals surface area contributed by atoms with Gasteiger partial charge >= 0.3 is 0 Å². The van der Waals surface area contributed by atoms with Gasteiger partial charge in [0.25, 0.3) is 0 Å². The molecule has 0 unspecified atom stereocenters. The van der Waals surface area contributed by atoms with Crippen LogP contribution in [0.15, 0.2) is 54.6 Å². The number of anilines is 1. The summed E-state index contributed by atoms with van der Waals surface area (Å²) in [4.78, 5) is 25.3. The molecule has 22 heavy (non-hydrogen) atoms. The molecule has 3 heteroatoms. The number of benzene rings is 2. The summed E-state index contributed by atoms with van der Waals surface area (Å²) in [6.07, 6.45) is 3.34. The maximum absolute atomic E-state index is 12.1. The molecule has 0 fully saturated rings. The fourth-order valence-corrected chi connectivity index (χ4v) is 2.02. The summed E-state index contributed by atoms with van der Waals surface area (Å²) >= 11 is 0. The summed E-state index contributed by atoms with van der Waals surface area (Å²) < 4.78 is 0. The van der Waals surface area contributed by atoms with E-state index in [2.05, 4.69) is 0 Å². The molecule has 0 saturated carbocycles. The molecule has 0 radical (unpaired) electrons. The van der Waals surface area contributed by atoms with Gasteiger partial charge in [-0.1, -0.05) is 42.5 Å². The van der Waals surface area contributed by atoms with Crippen molar-refractivity contribution in [3.63, 3.8) is 0 Å². The number of hydrogen-bond acceptors (Lipinski definition) is 3. The Balaban J connectivity index is 2.08. The second kappa shape index (κ2) is 6.85. The van der Waals surface area contributed by atoms with E-state index in [4.69, 9.17) is 0 Å². The fourth-order valence-electron chi connectivity index (χ4n) is 2.02. The lowest BCUT2D eigenvalue weighted by atomic mass is 10.1. The molecule has 0 aliphatic rings. The molecule has 2 rings (SSSR count). The average Bonchev–Trinajstić information content (AvgIpc) is 2.53.